The molecule has 0 fully saturated rings. The van der Waals surface area contributed by atoms with Gasteiger partial charge in [-0.15, -0.1) is 0 Å². The molecule has 0 saturated heterocycles. The molecule has 0 spiro atoms. The second-order valence-electron chi connectivity index (χ2n) is 5.40. The van der Waals surface area contributed by atoms with Gasteiger partial charge in [-0.2, -0.15) is 0 Å². The van der Waals surface area contributed by atoms with E-state index >= 15 is 0 Å². The number of fused-ring (bicyclic) bond motifs is 1. The minimum atomic E-state index is -0.223. The molecule has 2 rings (SSSR count). The Labute approximate surface area is 110 Å². The van der Waals surface area contributed by atoms with Crippen LogP contribution in [0.3, 0.4) is 0 Å². The smallest absolute Gasteiger partial charge is 0.0627 e. The molecule has 18 heavy (non-hydrogen) atoms. The van der Waals surface area contributed by atoms with Crippen LogP contribution in [-0.4, -0.2) is 36.9 Å². The molecule has 3 nitrogen and oxygen atoms in total. The molecule has 1 aromatic rings. The summed E-state index contributed by atoms with van der Waals surface area (Å²) in [5, 5.41) is 13.0. The third-order valence-electron chi connectivity index (χ3n) is 3.70. The first-order chi connectivity index (χ1) is 8.68. The Morgan fingerprint density at radius 1 is 1.39 bits per heavy atom. The molecule has 1 aromatic carbocycles. The highest BCUT2D eigenvalue weighted by Gasteiger charge is 2.27. The third-order valence-corrected chi connectivity index (χ3v) is 3.70. The van der Waals surface area contributed by atoms with Crippen molar-refractivity contribution in [1.29, 1.82) is 0 Å². The number of nitrogens with one attached hydrogen (secondary N) is 1. The number of rotatable bonds is 5. The molecule has 1 aliphatic heterocycles. The van der Waals surface area contributed by atoms with Gasteiger partial charge in [0.25, 0.3) is 0 Å². The van der Waals surface area contributed by atoms with E-state index in [9.17, 15) is 5.11 Å². The summed E-state index contributed by atoms with van der Waals surface area (Å²) in [5.41, 5.74) is 2.54. The topological polar surface area (TPSA) is 35.5 Å². The molecule has 0 aromatic heterocycles. The van der Waals surface area contributed by atoms with E-state index in [1.165, 1.54) is 24.1 Å². The van der Waals surface area contributed by atoms with Gasteiger partial charge in [-0.05, 0) is 37.9 Å². The van der Waals surface area contributed by atoms with Crippen molar-refractivity contribution >= 4 is 5.69 Å². The molecule has 1 aliphatic rings. The average molecular weight is 248 g/mol. The highest BCUT2D eigenvalue weighted by molar-refractivity contribution is 5.55. The van der Waals surface area contributed by atoms with Gasteiger partial charge in [-0.25, -0.2) is 0 Å². The number of aliphatic hydroxyl groups is 1. The SMILES string of the molecule is CCNC(C)(CO)CN1CCCc2ccccc21. The van der Waals surface area contributed by atoms with E-state index < -0.39 is 0 Å². The zero-order chi connectivity index (χ0) is 13.0. The largest absolute Gasteiger partial charge is 0.394 e. The first-order valence-corrected chi connectivity index (χ1v) is 6.87. The van der Waals surface area contributed by atoms with Crippen molar-refractivity contribution in [1.82, 2.24) is 5.32 Å². The lowest BCUT2D eigenvalue weighted by atomic mass is 9.97. The maximum atomic E-state index is 9.61. The Balaban J connectivity index is 2.15. The van der Waals surface area contributed by atoms with Crippen molar-refractivity contribution in [2.75, 3.05) is 31.1 Å². The Bertz CT molecular complexity index is 394. The molecule has 0 amide bonds. The van der Waals surface area contributed by atoms with E-state index in [1.54, 1.807) is 0 Å². The van der Waals surface area contributed by atoms with E-state index in [0.717, 1.165) is 19.6 Å². The first-order valence-electron chi connectivity index (χ1n) is 6.87. The van der Waals surface area contributed by atoms with Crippen LogP contribution in [0.25, 0.3) is 0 Å². The van der Waals surface area contributed by atoms with E-state index in [4.69, 9.17) is 0 Å². The first kappa shape index (κ1) is 13.4. The van der Waals surface area contributed by atoms with E-state index in [0.29, 0.717) is 0 Å². The zero-order valence-electron chi connectivity index (χ0n) is 11.4. The van der Waals surface area contributed by atoms with E-state index in [1.807, 2.05) is 0 Å². The molecule has 0 radical (unpaired) electrons. The van der Waals surface area contributed by atoms with Gasteiger partial charge >= 0.3 is 0 Å². The van der Waals surface area contributed by atoms with Crippen molar-refractivity contribution in [3.8, 4) is 0 Å². The highest BCUT2D eigenvalue weighted by atomic mass is 16.3. The Morgan fingerprint density at radius 3 is 2.89 bits per heavy atom. The average Bonchev–Trinajstić information content (AvgIpc) is 2.39. The van der Waals surface area contributed by atoms with E-state index in [-0.39, 0.29) is 12.1 Å². The monoisotopic (exact) mass is 248 g/mol. The molecule has 0 bridgehead atoms. The number of nitrogens with zero attached hydrogens (tertiary/aromatic N) is 1. The maximum Gasteiger partial charge on any atom is 0.0627 e. The van der Waals surface area contributed by atoms with E-state index in [2.05, 4.69) is 48.3 Å². The molecule has 1 heterocycles. The summed E-state index contributed by atoms with van der Waals surface area (Å²) in [5.74, 6) is 0. The summed E-state index contributed by atoms with van der Waals surface area (Å²) in [6.07, 6.45) is 2.37. The van der Waals surface area contributed by atoms with Crippen LogP contribution in [-0.2, 0) is 6.42 Å². The summed E-state index contributed by atoms with van der Waals surface area (Å²) < 4.78 is 0. The minimum absolute atomic E-state index is 0.166. The molecule has 3 heteroatoms. The number of hydrogen-bond donors (Lipinski definition) is 2. The van der Waals surface area contributed by atoms with Gasteiger partial charge in [0.2, 0.25) is 0 Å². The maximum absolute atomic E-state index is 9.61. The fourth-order valence-electron chi connectivity index (χ4n) is 2.79. The number of aliphatic hydroxyl groups excluding tert-OH is 1. The number of para-hydroxylation sites is 1. The molecular formula is C15H24N2O. The Morgan fingerprint density at radius 2 is 2.17 bits per heavy atom. The number of anilines is 1. The van der Waals surface area contributed by atoms with Crippen LogP contribution in [0.15, 0.2) is 24.3 Å². The lowest BCUT2D eigenvalue weighted by Gasteiger charge is -2.39. The number of likely N-dealkylation sites (N-methyl/N-ethyl adjacent to an activating group) is 1. The molecular weight excluding hydrogens is 224 g/mol. The van der Waals surface area contributed by atoms with Crippen molar-refractivity contribution in [3.05, 3.63) is 29.8 Å². The van der Waals surface area contributed by atoms with Crippen molar-refractivity contribution in [2.24, 2.45) is 0 Å². The fraction of sp³-hybridized carbons (Fsp3) is 0.600. The molecule has 0 saturated carbocycles. The van der Waals surface area contributed by atoms with Crippen molar-refractivity contribution in [3.63, 3.8) is 0 Å². The Hall–Kier alpha value is -1.06. The van der Waals surface area contributed by atoms with Gasteiger partial charge < -0.3 is 15.3 Å². The van der Waals surface area contributed by atoms with Crippen LogP contribution in [0.1, 0.15) is 25.8 Å². The molecule has 0 aliphatic carbocycles. The second-order valence-corrected chi connectivity index (χ2v) is 5.40. The standard InChI is InChI=1S/C15H24N2O/c1-3-16-15(2,12-18)11-17-10-6-8-13-7-4-5-9-14(13)17/h4-5,7,9,16,18H,3,6,8,10-12H2,1-2H3. The number of benzene rings is 1. The predicted octanol–water partition coefficient (Wildman–Crippen LogP) is 1.80. The van der Waals surface area contributed by atoms with Crippen LogP contribution in [0.5, 0.6) is 0 Å². The van der Waals surface area contributed by atoms with Crippen molar-refractivity contribution < 1.29 is 5.11 Å². The predicted molar refractivity (Wildman–Crippen MR) is 76.1 cm³/mol. The van der Waals surface area contributed by atoms with Gasteiger partial charge in [0.15, 0.2) is 0 Å². The minimum Gasteiger partial charge on any atom is -0.394 e. The molecule has 2 N–H and O–H groups in total. The zero-order valence-corrected chi connectivity index (χ0v) is 11.4. The lowest BCUT2D eigenvalue weighted by Crippen LogP contribution is -2.54. The van der Waals surface area contributed by atoms with Crippen LogP contribution in [0, 0.1) is 0 Å². The van der Waals surface area contributed by atoms with Crippen LogP contribution >= 0.6 is 0 Å². The number of aryl methyl sites for hydroxylation is 1. The van der Waals surface area contributed by atoms with Gasteiger partial charge in [0.1, 0.15) is 0 Å². The van der Waals surface area contributed by atoms with Gasteiger partial charge in [0.05, 0.1) is 12.1 Å². The van der Waals surface area contributed by atoms with Crippen LogP contribution in [0.2, 0.25) is 0 Å². The summed E-state index contributed by atoms with van der Waals surface area (Å²) in [6.45, 7) is 7.16. The third kappa shape index (κ3) is 2.85. The van der Waals surface area contributed by atoms with Gasteiger partial charge in [0, 0.05) is 18.8 Å². The van der Waals surface area contributed by atoms with Crippen molar-refractivity contribution in [2.45, 2.75) is 32.2 Å². The lowest BCUT2D eigenvalue weighted by molar-refractivity contribution is 0.179. The second kappa shape index (κ2) is 5.72. The number of hydrogen-bond acceptors (Lipinski definition) is 3. The quantitative estimate of drug-likeness (QED) is 0.834. The summed E-state index contributed by atoms with van der Waals surface area (Å²) in [4.78, 5) is 2.40. The van der Waals surface area contributed by atoms with Crippen LogP contribution in [0.4, 0.5) is 5.69 Å². The highest BCUT2D eigenvalue weighted by Crippen LogP contribution is 2.27. The van der Waals surface area contributed by atoms with Gasteiger partial charge in [-0.3, -0.25) is 0 Å². The summed E-state index contributed by atoms with van der Waals surface area (Å²) >= 11 is 0. The summed E-state index contributed by atoms with van der Waals surface area (Å²) in [6, 6.07) is 8.61. The Kier molecular flexibility index (Phi) is 4.25. The fourth-order valence-corrected chi connectivity index (χ4v) is 2.79. The van der Waals surface area contributed by atoms with Crippen LogP contribution < -0.4 is 10.2 Å². The van der Waals surface area contributed by atoms with Gasteiger partial charge in [-0.1, -0.05) is 25.1 Å². The normalized spacial score (nSPS) is 18.3. The molecule has 1 unspecified atom stereocenters. The molecule has 1 atom stereocenters. The summed E-state index contributed by atoms with van der Waals surface area (Å²) in [7, 11) is 0. The molecule has 100 valence electrons.